The highest BCUT2D eigenvalue weighted by Gasteiger charge is 2.15. The van der Waals surface area contributed by atoms with Crippen molar-refractivity contribution in [3.8, 4) is 0 Å². The van der Waals surface area contributed by atoms with Crippen LogP contribution < -0.4 is 5.32 Å². The second-order valence-electron chi connectivity index (χ2n) is 3.54. The van der Waals surface area contributed by atoms with Gasteiger partial charge in [0.15, 0.2) is 6.29 Å². The quantitative estimate of drug-likeness (QED) is 0.917. The third-order valence-electron chi connectivity index (χ3n) is 2.27. The summed E-state index contributed by atoms with van der Waals surface area (Å²) in [6, 6.07) is 6.20. The predicted octanol–water partition coefficient (Wildman–Crippen LogP) is 2.54. The van der Waals surface area contributed by atoms with Crippen molar-refractivity contribution in [2.24, 2.45) is 0 Å². The second-order valence-corrected chi connectivity index (χ2v) is 4.39. The Hall–Kier alpha value is -0.580. The Morgan fingerprint density at radius 2 is 2.13 bits per heavy atom. The van der Waals surface area contributed by atoms with Crippen LogP contribution in [0.5, 0.6) is 0 Å². The van der Waals surface area contributed by atoms with E-state index in [9.17, 15) is 0 Å². The molecule has 82 valence electrons. The molecule has 1 aliphatic rings. The molecule has 1 heterocycles. The first kappa shape index (κ1) is 10.9. The van der Waals surface area contributed by atoms with Crippen LogP contribution in [0.15, 0.2) is 22.7 Å². The van der Waals surface area contributed by atoms with Crippen molar-refractivity contribution in [1.29, 1.82) is 0 Å². The standard InChI is InChI=1S/C11H14BrNO2/c1-8-2-3-9(12)10(6-8)13-7-11-14-4-5-15-11/h2-3,6,11,13H,4-5,7H2,1H3. The van der Waals surface area contributed by atoms with Crippen LogP contribution in [0, 0.1) is 6.92 Å². The van der Waals surface area contributed by atoms with Crippen molar-refractivity contribution < 1.29 is 9.47 Å². The van der Waals surface area contributed by atoms with Gasteiger partial charge in [-0.15, -0.1) is 0 Å². The first-order valence-corrected chi connectivity index (χ1v) is 5.78. The molecule has 0 unspecified atom stereocenters. The number of hydrogen-bond acceptors (Lipinski definition) is 3. The Labute approximate surface area is 97.9 Å². The molecular formula is C11H14BrNO2. The molecule has 3 nitrogen and oxygen atoms in total. The van der Waals surface area contributed by atoms with Crippen LogP contribution >= 0.6 is 15.9 Å². The summed E-state index contributed by atoms with van der Waals surface area (Å²) >= 11 is 3.50. The lowest BCUT2D eigenvalue weighted by molar-refractivity contribution is -0.0299. The van der Waals surface area contributed by atoms with Crippen molar-refractivity contribution >= 4 is 21.6 Å². The fraction of sp³-hybridized carbons (Fsp3) is 0.455. The molecule has 0 spiro atoms. The van der Waals surface area contributed by atoms with Gasteiger partial charge in [-0.1, -0.05) is 6.07 Å². The zero-order valence-corrected chi connectivity index (χ0v) is 10.2. The molecule has 2 rings (SSSR count). The Morgan fingerprint density at radius 3 is 2.87 bits per heavy atom. The molecule has 1 aromatic rings. The van der Waals surface area contributed by atoms with E-state index in [0.717, 1.165) is 10.2 Å². The van der Waals surface area contributed by atoms with Gasteiger partial charge >= 0.3 is 0 Å². The third-order valence-corrected chi connectivity index (χ3v) is 2.96. The van der Waals surface area contributed by atoms with Gasteiger partial charge < -0.3 is 14.8 Å². The molecule has 0 amide bonds. The molecule has 4 heteroatoms. The summed E-state index contributed by atoms with van der Waals surface area (Å²) in [7, 11) is 0. The first-order chi connectivity index (χ1) is 7.25. The average Bonchev–Trinajstić information content (AvgIpc) is 2.72. The lowest BCUT2D eigenvalue weighted by Gasteiger charge is -2.13. The molecule has 0 bridgehead atoms. The monoisotopic (exact) mass is 271 g/mol. The molecule has 1 fully saturated rings. The van der Waals surface area contributed by atoms with Crippen molar-refractivity contribution in [1.82, 2.24) is 0 Å². The van der Waals surface area contributed by atoms with Gasteiger partial charge in [-0.2, -0.15) is 0 Å². The van der Waals surface area contributed by atoms with Gasteiger partial charge in [0.1, 0.15) is 0 Å². The minimum absolute atomic E-state index is 0.114. The van der Waals surface area contributed by atoms with Crippen molar-refractivity contribution in [2.45, 2.75) is 13.2 Å². The predicted molar refractivity (Wildman–Crippen MR) is 63.1 cm³/mol. The number of nitrogens with one attached hydrogen (secondary N) is 1. The normalized spacial score (nSPS) is 16.9. The van der Waals surface area contributed by atoms with Crippen LogP contribution in [0.1, 0.15) is 5.56 Å². The second kappa shape index (κ2) is 4.96. The van der Waals surface area contributed by atoms with E-state index in [4.69, 9.17) is 9.47 Å². The van der Waals surface area contributed by atoms with Gasteiger partial charge in [0.05, 0.1) is 19.8 Å². The molecule has 0 atom stereocenters. The lowest BCUT2D eigenvalue weighted by atomic mass is 10.2. The van der Waals surface area contributed by atoms with E-state index in [-0.39, 0.29) is 6.29 Å². The molecule has 1 saturated heterocycles. The Morgan fingerprint density at radius 1 is 1.40 bits per heavy atom. The zero-order chi connectivity index (χ0) is 10.7. The van der Waals surface area contributed by atoms with E-state index in [1.54, 1.807) is 0 Å². The summed E-state index contributed by atoms with van der Waals surface area (Å²) in [5.74, 6) is 0. The third kappa shape index (κ3) is 2.93. The van der Waals surface area contributed by atoms with Gasteiger partial charge in [-0.3, -0.25) is 0 Å². The van der Waals surface area contributed by atoms with Crippen molar-refractivity contribution in [3.05, 3.63) is 28.2 Å². The molecule has 15 heavy (non-hydrogen) atoms. The molecule has 0 saturated carbocycles. The maximum absolute atomic E-state index is 5.34. The van der Waals surface area contributed by atoms with E-state index in [1.165, 1.54) is 5.56 Å². The number of rotatable bonds is 3. The fourth-order valence-electron chi connectivity index (χ4n) is 1.49. The average molecular weight is 272 g/mol. The van der Waals surface area contributed by atoms with Crippen molar-refractivity contribution in [3.63, 3.8) is 0 Å². The Balaban J connectivity index is 1.94. The van der Waals surface area contributed by atoms with Gasteiger partial charge in [-0.05, 0) is 40.5 Å². The zero-order valence-electron chi connectivity index (χ0n) is 8.63. The number of hydrogen-bond donors (Lipinski definition) is 1. The Kier molecular flexibility index (Phi) is 3.61. The van der Waals surface area contributed by atoms with Crippen LogP contribution in [-0.2, 0) is 9.47 Å². The molecule has 0 aliphatic carbocycles. The summed E-state index contributed by atoms with van der Waals surface area (Å²) in [5.41, 5.74) is 2.31. The Bertz CT molecular complexity index is 337. The number of anilines is 1. The molecule has 0 aromatic heterocycles. The summed E-state index contributed by atoms with van der Waals surface area (Å²) < 4.78 is 11.8. The summed E-state index contributed by atoms with van der Waals surface area (Å²) in [5, 5.41) is 3.30. The summed E-state index contributed by atoms with van der Waals surface area (Å²) in [6.45, 7) is 4.14. The summed E-state index contributed by atoms with van der Waals surface area (Å²) in [4.78, 5) is 0. The fourth-order valence-corrected chi connectivity index (χ4v) is 1.88. The van der Waals surface area contributed by atoms with Crippen LogP contribution in [0.4, 0.5) is 5.69 Å². The van der Waals surface area contributed by atoms with Crippen LogP contribution in [0.3, 0.4) is 0 Å². The van der Waals surface area contributed by atoms with Gasteiger partial charge in [0.25, 0.3) is 0 Å². The number of benzene rings is 1. The van der Waals surface area contributed by atoms with E-state index < -0.39 is 0 Å². The lowest BCUT2D eigenvalue weighted by Crippen LogP contribution is -2.20. The first-order valence-electron chi connectivity index (χ1n) is 4.99. The SMILES string of the molecule is Cc1ccc(Br)c(NCC2OCCO2)c1. The van der Waals surface area contributed by atoms with Gasteiger partial charge in [0.2, 0.25) is 0 Å². The number of halogens is 1. The van der Waals surface area contributed by atoms with E-state index in [0.29, 0.717) is 19.8 Å². The topological polar surface area (TPSA) is 30.5 Å². The molecule has 1 aromatic carbocycles. The highest BCUT2D eigenvalue weighted by Crippen LogP contribution is 2.23. The summed E-state index contributed by atoms with van der Waals surface area (Å²) in [6.07, 6.45) is -0.114. The largest absolute Gasteiger partial charge is 0.379 e. The highest BCUT2D eigenvalue weighted by molar-refractivity contribution is 9.10. The van der Waals surface area contributed by atoms with Crippen LogP contribution in [0.25, 0.3) is 0 Å². The van der Waals surface area contributed by atoms with E-state index >= 15 is 0 Å². The van der Waals surface area contributed by atoms with Crippen molar-refractivity contribution in [2.75, 3.05) is 25.1 Å². The number of aryl methyl sites for hydroxylation is 1. The molecular weight excluding hydrogens is 258 g/mol. The van der Waals surface area contributed by atoms with E-state index in [1.807, 2.05) is 6.07 Å². The molecule has 0 radical (unpaired) electrons. The van der Waals surface area contributed by atoms with E-state index in [2.05, 4.69) is 40.3 Å². The maximum Gasteiger partial charge on any atom is 0.174 e. The highest BCUT2D eigenvalue weighted by atomic mass is 79.9. The minimum Gasteiger partial charge on any atom is -0.379 e. The molecule has 1 aliphatic heterocycles. The maximum atomic E-state index is 5.34. The smallest absolute Gasteiger partial charge is 0.174 e. The number of ether oxygens (including phenoxy) is 2. The van der Waals surface area contributed by atoms with Gasteiger partial charge in [0, 0.05) is 10.2 Å². The molecule has 1 N–H and O–H groups in total. The van der Waals surface area contributed by atoms with Gasteiger partial charge in [-0.25, -0.2) is 0 Å². The van der Waals surface area contributed by atoms with Crippen LogP contribution in [0.2, 0.25) is 0 Å². The van der Waals surface area contributed by atoms with Crippen LogP contribution in [-0.4, -0.2) is 26.0 Å². The minimum atomic E-state index is -0.114.